The van der Waals surface area contributed by atoms with Crippen molar-refractivity contribution >= 4 is 23.1 Å². The summed E-state index contributed by atoms with van der Waals surface area (Å²) in [5.41, 5.74) is 0.969. The summed E-state index contributed by atoms with van der Waals surface area (Å²) in [6.45, 7) is 0. The summed E-state index contributed by atoms with van der Waals surface area (Å²) in [5.74, 6) is 2.71. The van der Waals surface area contributed by atoms with Gasteiger partial charge in [-0.15, -0.1) is 0 Å². The van der Waals surface area contributed by atoms with Gasteiger partial charge in [0.2, 0.25) is 11.8 Å². The number of benzene rings is 1. The Hall–Kier alpha value is -2.88. The Morgan fingerprint density at radius 2 is 1.95 bits per heavy atom. The number of nitrogens with zero attached hydrogens (tertiary/aromatic N) is 3. The van der Waals surface area contributed by atoms with Crippen LogP contribution in [0.25, 0.3) is 0 Å². The highest BCUT2D eigenvalue weighted by Gasteiger charge is 2.20. The quantitative estimate of drug-likeness (QED) is 0.443. The minimum Gasteiger partial charge on any atom is -0.329 e. The van der Waals surface area contributed by atoms with Gasteiger partial charge in [-0.3, -0.25) is 15.5 Å². The second-order valence-electron chi connectivity index (χ2n) is 3.55. The molecule has 2 aromatic rings. The van der Waals surface area contributed by atoms with E-state index in [-0.39, 0.29) is 11.8 Å². The molecule has 0 atom stereocenters. The molecule has 20 heavy (non-hydrogen) atoms. The van der Waals surface area contributed by atoms with Crippen molar-refractivity contribution in [3.8, 4) is 0 Å². The molecule has 1 heterocycles. The maximum atomic E-state index is 13.5. The number of aromatic nitrogens is 2. The summed E-state index contributed by atoms with van der Waals surface area (Å²) in [6, 6.07) is 3.16. The van der Waals surface area contributed by atoms with Crippen LogP contribution in [0.2, 0.25) is 0 Å². The summed E-state index contributed by atoms with van der Waals surface area (Å²) in [5, 5.41) is 13.1. The van der Waals surface area contributed by atoms with E-state index in [0.717, 1.165) is 24.4 Å². The Kier molecular flexibility index (Phi) is 3.66. The minimum absolute atomic E-state index is 0.144. The topological polar surface area (TPSA) is 119 Å². The number of anilines is 3. The van der Waals surface area contributed by atoms with E-state index in [4.69, 9.17) is 5.84 Å². The Morgan fingerprint density at radius 3 is 2.50 bits per heavy atom. The molecule has 0 bridgehead atoms. The van der Waals surface area contributed by atoms with Crippen molar-refractivity contribution in [2.24, 2.45) is 5.84 Å². The first-order valence-electron chi connectivity index (χ1n) is 5.22. The monoisotopic (exact) mass is 282 g/mol. The van der Waals surface area contributed by atoms with Gasteiger partial charge in [0, 0.05) is 0 Å². The predicted molar refractivity (Wildman–Crippen MR) is 66.1 cm³/mol. The number of nitrogens with two attached hydrogens (primary N) is 1. The molecule has 0 radical (unpaired) electrons. The lowest BCUT2D eigenvalue weighted by Gasteiger charge is -2.09. The van der Waals surface area contributed by atoms with E-state index in [1.807, 2.05) is 0 Å². The van der Waals surface area contributed by atoms with Gasteiger partial charge < -0.3 is 5.32 Å². The van der Waals surface area contributed by atoms with Crippen LogP contribution in [-0.4, -0.2) is 14.9 Å². The SMILES string of the molecule is NNc1ncc([N+](=O)[O-])c(Nc2c(F)cccc2F)n1. The Labute approximate surface area is 110 Å². The van der Waals surface area contributed by atoms with Gasteiger partial charge in [0.1, 0.15) is 23.5 Å². The molecule has 1 aromatic heterocycles. The molecule has 1 aromatic carbocycles. The second-order valence-corrected chi connectivity index (χ2v) is 3.55. The van der Waals surface area contributed by atoms with E-state index >= 15 is 0 Å². The number of nitrogen functional groups attached to an aromatic ring is 1. The Bertz CT molecular complexity index is 646. The molecule has 0 amide bonds. The highest BCUT2D eigenvalue weighted by Crippen LogP contribution is 2.28. The van der Waals surface area contributed by atoms with Gasteiger partial charge in [-0.05, 0) is 12.1 Å². The Morgan fingerprint density at radius 1 is 1.30 bits per heavy atom. The van der Waals surface area contributed by atoms with E-state index in [9.17, 15) is 18.9 Å². The molecular formula is C10H8F2N6O2. The fourth-order valence-corrected chi connectivity index (χ4v) is 1.41. The molecule has 8 nitrogen and oxygen atoms in total. The standard InChI is InChI=1S/C10H8F2N6O2/c11-5-2-1-3-6(12)8(5)15-9-7(18(19)20)4-14-10(16-9)17-13/h1-4H,13H2,(H2,14,15,16,17). The second kappa shape index (κ2) is 5.40. The van der Waals surface area contributed by atoms with Crippen LogP contribution in [0, 0.1) is 21.7 Å². The maximum Gasteiger partial charge on any atom is 0.329 e. The van der Waals surface area contributed by atoms with Gasteiger partial charge in [-0.25, -0.2) is 19.6 Å². The zero-order valence-electron chi connectivity index (χ0n) is 9.80. The highest BCUT2D eigenvalue weighted by molar-refractivity contribution is 5.66. The van der Waals surface area contributed by atoms with E-state index < -0.39 is 27.9 Å². The van der Waals surface area contributed by atoms with Gasteiger partial charge in [0.05, 0.1) is 4.92 Å². The van der Waals surface area contributed by atoms with Crippen LogP contribution in [-0.2, 0) is 0 Å². The van der Waals surface area contributed by atoms with Gasteiger partial charge in [0.15, 0.2) is 0 Å². The van der Waals surface area contributed by atoms with Crippen molar-refractivity contribution in [3.05, 3.63) is 46.1 Å². The van der Waals surface area contributed by atoms with E-state index in [0.29, 0.717) is 0 Å². The lowest BCUT2D eigenvalue weighted by atomic mass is 10.3. The van der Waals surface area contributed by atoms with Gasteiger partial charge in [0.25, 0.3) is 0 Å². The number of halogens is 2. The molecular weight excluding hydrogens is 274 g/mol. The van der Waals surface area contributed by atoms with Crippen molar-refractivity contribution in [3.63, 3.8) is 0 Å². The lowest BCUT2D eigenvalue weighted by molar-refractivity contribution is -0.384. The number of rotatable bonds is 4. The number of hydrogen-bond donors (Lipinski definition) is 3. The smallest absolute Gasteiger partial charge is 0.329 e. The van der Waals surface area contributed by atoms with Crippen molar-refractivity contribution in [2.75, 3.05) is 10.7 Å². The summed E-state index contributed by atoms with van der Waals surface area (Å²) >= 11 is 0. The average Bonchev–Trinajstić information content (AvgIpc) is 2.42. The largest absolute Gasteiger partial charge is 0.329 e. The van der Waals surface area contributed by atoms with E-state index in [1.54, 1.807) is 0 Å². The van der Waals surface area contributed by atoms with Crippen molar-refractivity contribution < 1.29 is 13.7 Å². The maximum absolute atomic E-state index is 13.5. The van der Waals surface area contributed by atoms with Crippen LogP contribution in [0.15, 0.2) is 24.4 Å². The van der Waals surface area contributed by atoms with Crippen LogP contribution < -0.4 is 16.6 Å². The first-order chi connectivity index (χ1) is 9.52. The molecule has 104 valence electrons. The van der Waals surface area contributed by atoms with Gasteiger partial charge in [-0.1, -0.05) is 6.07 Å². The zero-order chi connectivity index (χ0) is 14.7. The van der Waals surface area contributed by atoms with Gasteiger partial charge in [-0.2, -0.15) is 4.98 Å². The molecule has 2 rings (SSSR count). The molecule has 0 aliphatic carbocycles. The summed E-state index contributed by atoms with van der Waals surface area (Å²) in [6.07, 6.45) is 0.864. The zero-order valence-corrected chi connectivity index (χ0v) is 9.80. The third-order valence-electron chi connectivity index (χ3n) is 2.30. The van der Waals surface area contributed by atoms with Crippen molar-refractivity contribution in [2.45, 2.75) is 0 Å². The molecule has 4 N–H and O–H groups in total. The van der Waals surface area contributed by atoms with Crippen LogP contribution in [0.5, 0.6) is 0 Å². The van der Waals surface area contributed by atoms with Crippen molar-refractivity contribution in [1.29, 1.82) is 0 Å². The predicted octanol–water partition coefficient (Wildman–Crippen LogP) is 1.69. The normalized spacial score (nSPS) is 10.2. The number of hydrogen-bond acceptors (Lipinski definition) is 7. The summed E-state index contributed by atoms with van der Waals surface area (Å²) in [4.78, 5) is 17.2. The summed E-state index contributed by atoms with van der Waals surface area (Å²) < 4.78 is 27.0. The van der Waals surface area contributed by atoms with Crippen LogP contribution in [0.3, 0.4) is 0 Å². The lowest BCUT2D eigenvalue weighted by Crippen LogP contribution is -2.12. The van der Waals surface area contributed by atoms with Gasteiger partial charge >= 0.3 is 5.69 Å². The molecule has 0 aliphatic heterocycles. The van der Waals surface area contributed by atoms with E-state index in [2.05, 4.69) is 20.7 Å². The fraction of sp³-hybridized carbons (Fsp3) is 0. The fourth-order valence-electron chi connectivity index (χ4n) is 1.41. The molecule has 0 unspecified atom stereocenters. The van der Waals surface area contributed by atoms with Crippen LogP contribution in [0.4, 0.5) is 31.9 Å². The summed E-state index contributed by atoms with van der Waals surface area (Å²) in [7, 11) is 0. The number of nitrogens with one attached hydrogen (secondary N) is 2. The van der Waals surface area contributed by atoms with Crippen LogP contribution >= 0.6 is 0 Å². The average molecular weight is 282 g/mol. The molecule has 0 spiro atoms. The molecule has 10 heteroatoms. The minimum atomic E-state index is -0.917. The third kappa shape index (κ3) is 2.59. The Balaban J connectivity index is 2.49. The first-order valence-corrected chi connectivity index (χ1v) is 5.22. The van der Waals surface area contributed by atoms with E-state index in [1.165, 1.54) is 0 Å². The molecule has 0 fully saturated rings. The first kappa shape index (κ1) is 13.5. The number of nitro groups is 1. The molecule has 0 aliphatic rings. The molecule has 0 saturated carbocycles. The van der Waals surface area contributed by atoms with Crippen molar-refractivity contribution in [1.82, 2.24) is 9.97 Å². The number of para-hydroxylation sites is 1. The molecule has 0 saturated heterocycles. The number of hydrazine groups is 1. The highest BCUT2D eigenvalue weighted by atomic mass is 19.1. The third-order valence-corrected chi connectivity index (χ3v) is 2.30. The van der Waals surface area contributed by atoms with Crippen LogP contribution in [0.1, 0.15) is 0 Å².